The molecule has 6 rings (SSSR count). The number of aromatic nitrogens is 2. The second-order valence-corrected chi connectivity index (χ2v) is 9.28. The number of anilines is 1. The second-order valence-electron chi connectivity index (χ2n) is 8.43. The molecule has 0 spiro atoms. The van der Waals surface area contributed by atoms with E-state index in [4.69, 9.17) is 32.4 Å². The van der Waals surface area contributed by atoms with E-state index in [2.05, 4.69) is 15.5 Å². The van der Waals surface area contributed by atoms with Crippen LogP contribution in [0.1, 0.15) is 25.7 Å². The van der Waals surface area contributed by atoms with Crippen molar-refractivity contribution in [3.05, 3.63) is 58.3 Å². The number of nitrogens with one attached hydrogen (secondary N) is 1. The minimum atomic E-state index is -0.570. The van der Waals surface area contributed by atoms with E-state index in [-0.39, 0.29) is 28.4 Å². The summed E-state index contributed by atoms with van der Waals surface area (Å²) in [6.07, 6.45) is 3.02. The molecular weight excluding hydrogens is 444 g/mol. The number of ketones is 1. The van der Waals surface area contributed by atoms with Crippen LogP contribution in [-0.4, -0.2) is 28.1 Å². The summed E-state index contributed by atoms with van der Waals surface area (Å²) in [6, 6.07) is 11.7. The van der Waals surface area contributed by atoms with Crippen molar-refractivity contribution in [3.8, 4) is 17.2 Å². The zero-order valence-corrected chi connectivity index (χ0v) is 17.8. The summed E-state index contributed by atoms with van der Waals surface area (Å²) in [6.45, 7) is -0.0859. The van der Waals surface area contributed by atoms with Gasteiger partial charge in [0.1, 0.15) is 18.2 Å². The van der Waals surface area contributed by atoms with E-state index in [0.717, 1.165) is 24.8 Å². The van der Waals surface area contributed by atoms with Gasteiger partial charge in [-0.1, -0.05) is 28.3 Å². The Morgan fingerprint density at radius 1 is 1.13 bits per heavy atom. The average molecular weight is 462 g/mol. The van der Waals surface area contributed by atoms with E-state index >= 15 is 0 Å². The number of carbonyl (C=O) groups excluding carboxylic acids is 1. The van der Waals surface area contributed by atoms with Crippen molar-refractivity contribution < 1.29 is 18.3 Å². The van der Waals surface area contributed by atoms with Crippen LogP contribution in [-0.2, 0) is 4.79 Å². The predicted molar refractivity (Wildman–Crippen MR) is 114 cm³/mol. The first-order valence-corrected chi connectivity index (χ1v) is 10.6. The van der Waals surface area contributed by atoms with Gasteiger partial charge in [-0.2, -0.15) is 0 Å². The minimum absolute atomic E-state index is 0.00226. The van der Waals surface area contributed by atoms with Crippen molar-refractivity contribution in [2.45, 2.75) is 31.2 Å². The summed E-state index contributed by atoms with van der Waals surface area (Å²) in [7, 11) is 0. The Balaban J connectivity index is 1.11. The number of hydrogen-bond donors (Lipinski definition) is 1. The molecule has 0 amide bonds. The highest BCUT2D eigenvalue weighted by Gasteiger charge is 2.68. The Labute approximate surface area is 187 Å². The summed E-state index contributed by atoms with van der Waals surface area (Å²) >= 11 is 11.6. The fraction of sp³-hybridized carbons (Fsp3) is 0.318. The maximum absolute atomic E-state index is 13.5. The Bertz CT molecular complexity index is 1130. The van der Waals surface area contributed by atoms with Gasteiger partial charge in [0.15, 0.2) is 5.78 Å². The molecule has 31 heavy (non-hydrogen) atoms. The molecule has 3 aromatic rings. The molecular formula is C22H18Cl2FN3O3. The lowest BCUT2D eigenvalue weighted by Crippen LogP contribution is -2.71. The van der Waals surface area contributed by atoms with Gasteiger partial charge in [-0.3, -0.25) is 4.79 Å². The topological polar surface area (TPSA) is 77.2 Å². The number of nitrogens with zero attached hydrogens (tertiary/aromatic N) is 2. The van der Waals surface area contributed by atoms with Crippen LogP contribution in [0.3, 0.4) is 0 Å². The molecule has 0 unspecified atom stereocenters. The molecule has 2 bridgehead atoms. The monoisotopic (exact) mass is 461 g/mol. The Morgan fingerprint density at radius 2 is 1.87 bits per heavy atom. The van der Waals surface area contributed by atoms with Gasteiger partial charge >= 0.3 is 6.01 Å². The number of halogens is 3. The highest BCUT2D eigenvalue weighted by Crippen LogP contribution is 2.70. The van der Waals surface area contributed by atoms with Crippen molar-refractivity contribution in [1.82, 2.24) is 10.2 Å². The summed E-state index contributed by atoms with van der Waals surface area (Å²) < 4.78 is 24.6. The highest BCUT2D eigenvalue weighted by atomic mass is 35.5. The van der Waals surface area contributed by atoms with Crippen LogP contribution in [0, 0.1) is 11.2 Å². The molecule has 2 aromatic carbocycles. The molecule has 3 saturated carbocycles. The molecule has 0 atom stereocenters. The van der Waals surface area contributed by atoms with Crippen molar-refractivity contribution >= 4 is 35.0 Å². The normalized spacial score (nSPS) is 23.6. The molecule has 0 aliphatic heterocycles. The zero-order chi connectivity index (χ0) is 21.6. The third-order valence-corrected chi connectivity index (χ3v) is 6.45. The van der Waals surface area contributed by atoms with Crippen LogP contribution in [0.4, 0.5) is 10.4 Å². The van der Waals surface area contributed by atoms with Crippen molar-refractivity contribution in [2.24, 2.45) is 5.41 Å². The molecule has 0 saturated heterocycles. The number of rotatable bonds is 8. The maximum atomic E-state index is 13.5. The average Bonchev–Trinajstić information content (AvgIpc) is 3.15. The van der Waals surface area contributed by atoms with E-state index in [1.54, 1.807) is 18.2 Å². The standard InChI is InChI=1S/C22H18Cl2FN3O3/c23-14-3-1-13(2-4-14)19-27-28-20(31-19)26-22-10-21(11-22,12-22)8-15(29)9-30-16-5-6-17(24)18(25)7-16/h1-7H,8-12H2,(H,26,28). The third-order valence-electron chi connectivity index (χ3n) is 5.89. The number of carbonyl (C=O) groups is 1. The third kappa shape index (κ3) is 4.00. The lowest BCUT2D eigenvalue weighted by atomic mass is 9.38. The van der Waals surface area contributed by atoms with Crippen LogP contribution in [0.5, 0.6) is 5.75 Å². The summed E-state index contributed by atoms with van der Waals surface area (Å²) in [5, 5.41) is 12.1. The van der Waals surface area contributed by atoms with Gasteiger partial charge in [0.2, 0.25) is 5.89 Å². The predicted octanol–water partition coefficient (Wildman–Crippen LogP) is 5.56. The fourth-order valence-electron chi connectivity index (χ4n) is 4.73. The van der Waals surface area contributed by atoms with Crippen molar-refractivity contribution in [3.63, 3.8) is 0 Å². The Morgan fingerprint density at radius 3 is 2.58 bits per heavy atom. The lowest BCUT2D eigenvalue weighted by Gasteiger charge is -2.70. The van der Waals surface area contributed by atoms with E-state index in [1.807, 2.05) is 12.1 Å². The Kier molecular flexibility index (Phi) is 4.90. The molecule has 1 aromatic heterocycles. The van der Waals surface area contributed by atoms with E-state index in [0.29, 0.717) is 29.1 Å². The molecule has 3 aliphatic rings. The van der Waals surface area contributed by atoms with E-state index < -0.39 is 5.82 Å². The molecule has 1 N–H and O–H groups in total. The maximum Gasteiger partial charge on any atom is 0.316 e. The fourth-order valence-corrected chi connectivity index (χ4v) is 4.97. The number of ether oxygens (including phenoxy) is 1. The van der Waals surface area contributed by atoms with Crippen LogP contribution < -0.4 is 10.1 Å². The molecule has 6 nitrogen and oxygen atoms in total. The van der Waals surface area contributed by atoms with Crippen LogP contribution in [0.25, 0.3) is 11.5 Å². The smallest absolute Gasteiger partial charge is 0.316 e. The summed E-state index contributed by atoms with van der Waals surface area (Å²) in [5.74, 6) is 0.135. The lowest BCUT2D eigenvalue weighted by molar-refractivity contribution is -0.147. The number of Topliss-reactive ketones (excluding diaryl/α,β-unsaturated/α-hetero) is 1. The molecule has 3 fully saturated rings. The first-order valence-electron chi connectivity index (χ1n) is 9.81. The first kappa shape index (κ1) is 20.3. The quantitative estimate of drug-likeness (QED) is 0.473. The van der Waals surface area contributed by atoms with Crippen LogP contribution in [0.15, 0.2) is 46.9 Å². The molecule has 3 aliphatic carbocycles. The van der Waals surface area contributed by atoms with Gasteiger partial charge < -0.3 is 14.5 Å². The second kappa shape index (κ2) is 7.50. The highest BCUT2D eigenvalue weighted by molar-refractivity contribution is 6.31. The zero-order valence-electron chi connectivity index (χ0n) is 16.3. The van der Waals surface area contributed by atoms with Crippen molar-refractivity contribution in [1.29, 1.82) is 0 Å². The largest absolute Gasteiger partial charge is 0.486 e. The van der Waals surface area contributed by atoms with Gasteiger partial charge in [0, 0.05) is 28.6 Å². The molecule has 1 heterocycles. The number of benzene rings is 2. The molecule has 160 valence electrons. The molecule has 0 radical (unpaired) electrons. The Hall–Kier alpha value is -2.64. The van der Waals surface area contributed by atoms with Gasteiger partial charge in [-0.05, 0) is 61.1 Å². The first-order chi connectivity index (χ1) is 14.8. The summed E-state index contributed by atoms with van der Waals surface area (Å²) in [4.78, 5) is 12.3. The van der Waals surface area contributed by atoms with Gasteiger partial charge in [0.05, 0.1) is 5.02 Å². The van der Waals surface area contributed by atoms with Crippen LogP contribution in [0.2, 0.25) is 10.0 Å². The molecule has 9 heteroatoms. The van der Waals surface area contributed by atoms with Gasteiger partial charge in [-0.25, -0.2) is 4.39 Å². The minimum Gasteiger partial charge on any atom is -0.486 e. The van der Waals surface area contributed by atoms with Gasteiger partial charge in [-0.15, -0.1) is 5.10 Å². The van der Waals surface area contributed by atoms with Crippen LogP contribution >= 0.6 is 23.2 Å². The van der Waals surface area contributed by atoms with E-state index in [9.17, 15) is 9.18 Å². The summed E-state index contributed by atoms with van der Waals surface area (Å²) in [5.41, 5.74) is 0.701. The van der Waals surface area contributed by atoms with Crippen molar-refractivity contribution in [2.75, 3.05) is 11.9 Å². The van der Waals surface area contributed by atoms with E-state index in [1.165, 1.54) is 12.1 Å². The SMILES string of the molecule is O=C(COc1ccc(Cl)c(F)c1)CC12CC(Nc3nnc(-c4ccc(Cl)cc4)o3)(C1)C2. The van der Waals surface area contributed by atoms with Gasteiger partial charge in [0.25, 0.3) is 0 Å². The number of hydrogen-bond acceptors (Lipinski definition) is 6.